The number of nitrogens with one attached hydrogen (secondary N) is 1. The summed E-state index contributed by atoms with van der Waals surface area (Å²) < 4.78 is 14.5. The first-order valence-electron chi connectivity index (χ1n) is 8.89. The smallest absolute Gasteiger partial charge is 0.251 e. The van der Waals surface area contributed by atoms with Gasteiger partial charge in [0, 0.05) is 34.2 Å². The number of halogens is 2. The molecule has 0 saturated heterocycles. The van der Waals surface area contributed by atoms with E-state index < -0.39 is 6.67 Å². The van der Waals surface area contributed by atoms with Gasteiger partial charge in [0.2, 0.25) is 0 Å². The van der Waals surface area contributed by atoms with Crippen molar-refractivity contribution < 1.29 is 9.18 Å². The maximum atomic E-state index is 12.8. The molecule has 140 valence electrons. The van der Waals surface area contributed by atoms with E-state index in [2.05, 4.69) is 10.4 Å². The molecule has 2 heterocycles. The minimum Gasteiger partial charge on any atom is -0.352 e. The molecule has 1 aliphatic carbocycles. The summed E-state index contributed by atoms with van der Waals surface area (Å²) in [6, 6.07) is 7.64. The van der Waals surface area contributed by atoms with Crippen molar-refractivity contribution in [2.45, 2.75) is 35.1 Å². The fourth-order valence-electron chi connectivity index (χ4n) is 3.44. The number of carbonyl (C=O) groups excluding carboxylic acids is 1. The number of rotatable bonds is 5. The summed E-state index contributed by atoms with van der Waals surface area (Å²) in [4.78, 5) is 14.1. The van der Waals surface area contributed by atoms with Crippen LogP contribution in [-0.2, 0) is 11.3 Å². The zero-order valence-corrected chi connectivity index (χ0v) is 16.2. The monoisotopic (exact) mass is 403 g/mol. The quantitative estimate of drug-likeness (QED) is 0.798. The van der Waals surface area contributed by atoms with Gasteiger partial charge in [-0.15, -0.1) is 0 Å². The molecule has 0 radical (unpaired) electrons. The molecule has 7 heteroatoms. The average molecular weight is 404 g/mol. The van der Waals surface area contributed by atoms with Gasteiger partial charge in [-0.25, -0.2) is 4.39 Å². The fourth-order valence-corrected chi connectivity index (χ4v) is 4.56. The van der Waals surface area contributed by atoms with Crippen LogP contribution in [0.3, 0.4) is 0 Å². The molecule has 4 rings (SSSR count). The molecular formula is C20H19ClFN3OS. The number of nitrogens with zero attached hydrogens (tertiary/aromatic N) is 2. The van der Waals surface area contributed by atoms with Crippen molar-refractivity contribution in [2.24, 2.45) is 0 Å². The zero-order valence-electron chi connectivity index (χ0n) is 14.6. The minimum absolute atomic E-state index is 0.00433. The van der Waals surface area contributed by atoms with Crippen LogP contribution in [-0.4, -0.2) is 28.9 Å². The van der Waals surface area contributed by atoms with Crippen molar-refractivity contribution in [3.63, 3.8) is 0 Å². The highest BCUT2D eigenvalue weighted by Crippen LogP contribution is 2.39. The maximum Gasteiger partial charge on any atom is 0.251 e. The number of aromatic nitrogens is 2. The summed E-state index contributed by atoms with van der Waals surface area (Å²) in [6.07, 6.45) is 7.49. The van der Waals surface area contributed by atoms with E-state index in [9.17, 15) is 9.18 Å². The Hall–Kier alpha value is -2.05. The number of hydrogen-bond donors (Lipinski definition) is 1. The second-order valence-corrected chi connectivity index (χ2v) is 8.13. The van der Waals surface area contributed by atoms with Crippen molar-refractivity contribution in [3.05, 3.63) is 64.5 Å². The molecule has 1 amide bonds. The van der Waals surface area contributed by atoms with E-state index in [0.29, 0.717) is 11.6 Å². The molecule has 0 saturated carbocycles. The van der Waals surface area contributed by atoms with E-state index in [1.54, 1.807) is 16.4 Å². The summed E-state index contributed by atoms with van der Waals surface area (Å²) in [5.41, 5.74) is 2.89. The van der Waals surface area contributed by atoms with Crippen LogP contribution in [0, 0.1) is 0 Å². The molecule has 1 aromatic carbocycles. The predicted molar refractivity (Wildman–Crippen MR) is 105 cm³/mol. The van der Waals surface area contributed by atoms with Gasteiger partial charge in [0.15, 0.2) is 0 Å². The van der Waals surface area contributed by atoms with Gasteiger partial charge in [-0.3, -0.25) is 9.48 Å². The first kappa shape index (κ1) is 18.3. The Kier molecular flexibility index (Phi) is 5.36. The number of aryl methyl sites for hydroxylation is 1. The molecule has 1 aromatic heterocycles. The SMILES string of the molecule is O=C1NCCC2=C1C=CC(c1nn(CCF)cc1Sc1ccc(Cl)cc1)C2. The lowest BCUT2D eigenvalue weighted by Crippen LogP contribution is -2.32. The maximum absolute atomic E-state index is 12.8. The Balaban J connectivity index is 1.63. The molecule has 1 unspecified atom stereocenters. The summed E-state index contributed by atoms with van der Waals surface area (Å²) in [6.45, 7) is 0.462. The van der Waals surface area contributed by atoms with Crippen LogP contribution in [0.1, 0.15) is 24.5 Å². The van der Waals surface area contributed by atoms with Gasteiger partial charge >= 0.3 is 0 Å². The highest BCUT2D eigenvalue weighted by molar-refractivity contribution is 7.99. The summed E-state index contributed by atoms with van der Waals surface area (Å²) >= 11 is 7.58. The van der Waals surface area contributed by atoms with Crippen LogP contribution >= 0.6 is 23.4 Å². The third kappa shape index (κ3) is 3.96. The number of carbonyl (C=O) groups is 1. The van der Waals surface area contributed by atoms with E-state index >= 15 is 0 Å². The van der Waals surface area contributed by atoms with Gasteiger partial charge in [0.1, 0.15) is 6.67 Å². The van der Waals surface area contributed by atoms with Gasteiger partial charge < -0.3 is 5.32 Å². The molecule has 1 aliphatic heterocycles. The summed E-state index contributed by atoms with van der Waals surface area (Å²) in [5, 5.41) is 8.22. The fraction of sp³-hybridized carbons (Fsp3) is 0.300. The van der Waals surface area contributed by atoms with Crippen molar-refractivity contribution in [3.8, 4) is 0 Å². The van der Waals surface area contributed by atoms with Crippen molar-refractivity contribution >= 4 is 29.3 Å². The standard InChI is InChI=1S/C20H19ClFN3OS/c21-15-2-4-16(5-3-15)27-18-12-25(10-8-22)24-19(18)14-1-6-17-13(11-14)7-9-23-20(17)26/h1-6,12,14H,7-11H2,(H,23,26). The Bertz CT molecular complexity index is 920. The second-order valence-electron chi connectivity index (χ2n) is 6.58. The van der Waals surface area contributed by atoms with Crippen LogP contribution in [0.4, 0.5) is 4.39 Å². The van der Waals surface area contributed by atoms with E-state index in [1.807, 2.05) is 42.6 Å². The van der Waals surface area contributed by atoms with E-state index in [1.165, 1.54) is 5.57 Å². The Morgan fingerprint density at radius 2 is 2.15 bits per heavy atom. The molecular weight excluding hydrogens is 385 g/mol. The van der Waals surface area contributed by atoms with Crippen molar-refractivity contribution in [1.82, 2.24) is 15.1 Å². The number of amides is 1. The Morgan fingerprint density at radius 3 is 2.93 bits per heavy atom. The van der Waals surface area contributed by atoms with Gasteiger partial charge in [0.05, 0.1) is 17.1 Å². The lowest BCUT2D eigenvalue weighted by molar-refractivity contribution is -0.117. The Labute approximate surface area is 166 Å². The summed E-state index contributed by atoms with van der Waals surface area (Å²) in [7, 11) is 0. The van der Waals surface area contributed by atoms with Crippen molar-refractivity contribution in [2.75, 3.05) is 13.2 Å². The van der Waals surface area contributed by atoms with E-state index in [0.717, 1.165) is 33.9 Å². The molecule has 1 N–H and O–H groups in total. The molecule has 4 nitrogen and oxygen atoms in total. The van der Waals surface area contributed by atoms with E-state index in [4.69, 9.17) is 11.6 Å². The van der Waals surface area contributed by atoms with Crippen LogP contribution in [0.2, 0.25) is 5.02 Å². The largest absolute Gasteiger partial charge is 0.352 e. The lowest BCUT2D eigenvalue weighted by atomic mass is 9.84. The first-order chi connectivity index (χ1) is 13.1. The van der Waals surface area contributed by atoms with Gasteiger partial charge in [0.25, 0.3) is 5.91 Å². The number of benzene rings is 1. The first-order valence-corrected chi connectivity index (χ1v) is 10.1. The normalized spacial score (nSPS) is 19.2. The van der Waals surface area contributed by atoms with E-state index in [-0.39, 0.29) is 18.4 Å². The number of hydrogen-bond acceptors (Lipinski definition) is 3. The molecule has 2 aliphatic rings. The Morgan fingerprint density at radius 1 is 1.33 bits per heavy atom. The van der Waals surface area contributed by atoms with Gasteiger partial charge in [-0.05, 0) is 37.1 Å². The zero-order chi connectivity index (χ0) is 18.8. The van der Waals surface area contributed by atoms with Crippen molar-refractivity contribution in [1.29, 1.82) is 0 Å². The average Bonchev–Trinajstić information content (AvgIpc) is 3.06. The summed E-state index contributed by atoms with van der Waals surface area (Å²) in [5.74, 6) is 0.0926. The van der Waals surface area contributed by atoms with Gasteiger partial charge in [-0.2, -0.15) is 5.10 Å². The molecule has 0 spiro atoms. The molecule has 2 aromatic rings. The topological polar surface area (TPSA) is 46.9 Å². The van der Waals surface area contributed by atoms with Crippen LogP contribution in [0.25, 0.3) is 0 Å². The number of allylic oxidation sites excluding steroid dienone is 1. The van der Waals surface area contributed by atoms with Gasteiger partial charge in [-0.1, -0.05) is 41.1 Å². The molecule has 0 fully saturated rings. The van der Waals surface area contributed by atoms with Crippen LogP contribution in [0.5, 0.6) is 0 Å². The highest BCUT2D eigenvalue weighted by atomic mass is 35.5. The second kappa shape index (κ2) is 7.90. The lowest BCUT2D eigenvalue weighted by Gasteiger charge is -2.25. The third-order valence-electron chi connectivity index (χ3n) is 4.76. The third-order valence-corrected chi connectivity index (χ3v) is 6.05. The predicted octanol–water partition coefficient (Wildman–Crippen LogP) is 4.52. The van der Waals surface area contributed by atoms with Crippen LogP contribution < -0.4 is 5.32 Å². The highest BCUT2D eigenvalue weighted by Gasteiger charge is 2.27. The van der Waals surface area contributed by atoms with Crippen LogP contribution in [0.15, 0.2) is 63.6 Å². The molecule has 27 heavy (non-hydrogen) atoms. The molecule has 0 bridgehead atoms. The minimum atomic E-state index is -0.456. The molecule has 1 atom stereocenters. The number of alkyl halides is 1.